The number of benzene rings is 1. The molecule has 1 aromatic carbocycles. The third-order valence-electron chi connectivity index (χ3n) is 1.86. The highest BCUT2D eigenvalue weighted by molar-refractivity contribution is 9.10. The van der Waals surface area contributed by atoms with Gasteiger partial charge in [0.1, 0.15) is 5.69 Å². The summed E-state index contributed by atoms with van der Waals surface area (Å²) in [5.41, 5.74) is 0.828. The van der Waals surface area contributed by atoms with Crippen molar-refractivity contribution in [3.05, 3.63) is 34.6 Å². The Balaban J connectivity index is 2.33. The minimum absolute atomic E-state index is 0.0294. The highest BCUT2D eigenvalue weighted by Gasteiger charge is 2.06. The van der Waals surface area contributed by atoms with Gasteiger partial charge >= 0.3 is 0 Å². The van der Waals surface area contributed by atoms with Gasteiger partial charge < -0.3 is 5.11 Å². The maximum Gasteiger partial charge on any atom is 0.177 e. The lowest BCUT2D eigenvalue weighted by Gasteiger charge is -1.99. The molecule has 5 nitrogen and oxygen atoms in total. The van der Waals surface area contributed by atoms with Gasteiger partial charge in [0.25, 0.3) is 0 Å². The summed E-state index contributed by atoms with van der Waals surface area (Å²) in [5.74, 6) is 0.535. The minimum atomic E-state index is 0.0294. The predicted octanol–water partition coefficient (Wildman–Crippen LogP) is 0.960. The van der Waals surface area contributed by atoms with Gasteiger partial charge in [0, 0.05) is 10.9 Å². The van der Waals surface area contributed by atoms with Crippen molar-refractivity contribution in [2.24, 2.45) is 0 Å². The van der Waals surface area contributed by atoms with E-state index in [2.05, 4.69) is 31.3 Å². The van der Waals surface area contributed by atoms with E-state index in [1.54, 1.807) is 0 Å². The molecule has 15 heavy (non-hydrogen) atoms. The largest absolute Gasteiger partial charge is 0.396 e. The number of hydrogen-bond acceptors (Lipinski definition) is 4. The first kappa shape index (κ1) is 10.3. The van der Waals surface area contributed by atoms with E-state index >= 15 is 0 Å². The molecule has 0 amide bonds. The maximum atomic E-state index is 8.73. The van der Waals surface area contributed by atoms with Crippen LogP contribution in [0.25, 0.3) is 5.69 Å². The number of halogens is 1. The first-order valence-corrected chi connectivity index (χ1v) is 5.25. The Kier molecular flexibility index (Phi) is 3.08. The van der Waals surface area contributed by atoms with Crippen LogP contribution in [0.1, 0.15) is 5.82 Å². The van der Waals surface area contributed by atoms with E-state index in [0.717, 1.165) is 10.2 Å². The van der Waals surface area contributed by atoms with Crippen LogP contribution in [-0.2, 0) is 6.42 Å². The van der Waals surface area contributed by atoms with Crippen LogP contribution in [0, 0.1) is 0 Å². The SMILES string of the molecule is OCCc1nnn(-c2ccccc2Br)n1. The van der Waals surface area contributed by atoms with Crippen molar-refractivity contribution in [1.29, 1.82) is 0 Å². The van der Waals surface area contributed by atoms with Crippen molar-refractivity contribution < 1.29 is 5.11 Å². The number of aromatic nitrogens is 4. The first-order chi connectivity index (χ1) is 7.31. The molecule has 2 aromatic rings. The molecule has 2 rings (SSSR count). The molecule has 6 heteroatoms. The molecule has 1 N–H and O–H groups in total. The van der Waals surface area contributed by atoms with Gasteiger partial charge in [-0.1, -0.05) is 12.1 Å². The van der Waals surface area contributed by atoms with Crippen molar-refractivity contribution in [3.8, 4) is 5.69 Å². The van der Waals surface area contributed by atoms with Crippen molar-refractivity contribution in [2.75, 3.05) is 6.61 Å². The molecule has 0 bridgehead atoms. The number of para-hydroxylation sites is 1. The predicted molar refractivity (Wildman–Crippen MR) is 57.6 cm³/mol. The Morgan fingerprint density at radius 3 is 2.87 bits per heavy atom. The number of aliphatic hydroxyl groups excluding tert-OH is 1. The summed E-state index contributed by atoms with van der Waals surface area (Å²) in [6.07, 6.45) is 0.421. The van der Waals surface area contributed by atoms with E-state index in [1.807, 2.05) is 24.3 Å². The first-order valence-electron chi connectivity index (χ1n) is 4.46. The fraction of sp³-hybridized carbons (Fsp3) is 0.222. The molecule has 0 spiro atoms. The third-order valence-corrected chi connectivity index (χ3v) is 2.53. The highest BCUT2D eigenvalue weighted by Crippen LogP contribution is 2.18. The zero-order valence-electron chi connectivity index (χ0n) is 7.84. The zero-order chi connectivity index (χ0) is 10.7. The summed E-state index contributed by atoms with van der Waals surface area (Å²) in [6, 6.07) is 7.60. The molecule has 0 saturated carbocycles. The van der Waals surface area contributed by atoms with E-state index < -0.39 is 0 Å². The van der Waals surface area contributed by atoms with Crippen LogP contribution in [0.5, 0.6) is 0 Å². The second-order valence-electron chi connectivity index (χ2n) is 2.92. The molecule has 78 valence electrons. The topological polar surface area (TPSA) is 63.8 Å². The lowest BCUT2D eigenvalue weighted by Crippen LogP contribution is -2.00. The highest BCUT2D eigenvalue weighted by atomic mass is 79.9. The molecule has 0 aliphatic heterocycles. The van der Waals surface area contributed by atoms with E-state index in [1.165, 1.54) is 4.80 Å². The number of hydrogen-bond donors (Lipinski definition) is 1. The van der Waals surface area contributed by atoms with Crippen LogP contribution in [0.3, 0.4) is 0 Å². The average Bonchev–Trinajstić information content (AvgIpc) is 2.68. The third kappa shape index (κ3) is 2.21. The molecule has 0 aliphatic carbocycles. The average molecular weight is 269 g/mol. The van der Waals surface area contributed by atoms with E-state index in [0.29, 0.717) is 12.2 Å². The Labute approximate surface area is 94.9 Å². The molecule has 1 aromatic heterocycles. The summed E-state index contributed by atoms with van der Waals surface area (Å²) in [5, 5.41) is 20.6. The van der Waals surface area contributed by atoms with E-state index in [9.17, 15) is 0 Å². The van der Waals surface area contributed by atoms with Crippen LogP contribution >= 0.6 is 15.9 Å². The smallest absolute Gasteiger partial charge is 0.177 e. The monoisotopic (exact) mass is 268 g/mol. The maximum absolute atomic E-state index is 8.73. The number of aliphatic hydroxyl groups is 1. The molecular weight excluding hydrogens is 260 g/mol. The molecule has 0 aliphatic rings. The van der Waals surface area contributed by atoms with Gasteiger partial charge in [0.2, 0.25) is 0 Å². The lowest BCUT2D eigenvalue weighted by molar-refractivity contribution is 0.296. The standard InChI is InChI=1S/C9H9BrN4O/c10-7-3-1-2-4-8(7)14-12-9(5-6-15)11-13-14/h1-4,15H,5-6H2. The molecular formula is C9H9BrN4O. The summed E-state index contributed by atoms with van der Waals surface area (Å²) < 4.78 is 0.901. The van der Waals surface area contributed by atoms with Crippen molar-refractivity contribution in [2.45, 2.75) is 6.42 Å². The van der Waals surface area contributed by atoms with Crippen LogP contribution in [0.15, 0.2) is 28.7 Å². The van der Waals surface area contributed by atoms with Gasteiger partial charge in [-0.3, -0.25) is 0 Å². The van der Waals surface area contributed by atoms with Crippen LogP contribution in [-0.4, -0.2) is 31.9 Å². The lowest BCUT2D eigenvalue weighted by atomic mass is 10.3. The zero-order valence-corrected chi connectivity index (χ0v) is 9.42. The molecule has 0 radical (unpaired) electrons. The van der Waals surface area contributed by atoms with Crippen LogP contribution in [0.2, 0.25) is 0 Å². The number of nitrogens with zero attached hydrogens (tertiary/aromatic N) is 4. The Morgan fingerprint density at radius 2 is 2.13 bits per heavy atom. The molecule has 0 atom stereocenters. The van der Waals surface area contributed by atoms with Gasteiger partial charge in [0.05, 0.1) is 6.61 Å². The fourth-order valence-corrected chi connectivity index (χ4v) is 1.60. The van der Waals surface area contributed by atoms with Gasteiger partial charge in [-0.25, -0.2) is 0 Å². The van der Waals surface area contributed by atoms with E-state index in [-0.39, 0.29) is 6.61 Å². The van der Waals surface area contributed by atoms with Crippen molar-refractivity contribution in [3.63, 3.8) is 0 Å². The molecule has 0 fully saturated rings. The van der Waals surface area contributed by atoms with Crippen molar-refractivity contribution in [1.82, 2.24) is 20.2 Å². The van der Waals surface area contributed by atoms with E-state index in [4.69, 9.17) is 5.11 Å². The molecule has 0 saturated heterocycles. The summed E-state index contributed by atoms with van der Waals surface area (Å²) >= 11 is 3.40. The Bertz CT molecular complexity index is 457. The summed E-state index contributed by atoms with van der Waals surface area (Å²) in [6.45, 7) is 0.0294. The fourth-order valence-electron chi connectivity index (χ4n) is 1.16. The van der Waals surface area contributed by atoms with Crippen LogP contribution < -0.4 is 0 Å². The second-order valence-corrected chi connectivity index (χ2v) is 3.77. The molecule has 0 unspecified atom stereocenters. The van der Waals surface area contributed by atoms with Crippen molar-refractivity contribution >= 4 is 15.9 Å². The normalized spacial score (nSPS) is 10.5. The van der Waals surface area contributed by atoms with Crippen LogP contribution in [0.4, 0.5) is 0 Å². The van der Waals surface area contributed by atoms with Gasteiger partial charge in [-0.15, -0.1) is 15.0 Å². The number of rotatable bonds is 3. The second kappa shape index (κ2) is 4.50. The van der Waals surface area contributed by atoms with Gasteiger partial charge in [0.15, 0.2) is 5.82 Å². The van der Waals surface area contributed by atoms with Gasteiger partial charge in [-0.2, -0.15) is 0 Å². The quantitative estimate of drug-likeness (QED) is 0.901. The number of tetrazole rings is 1. The summed E-state index contributed by atoms with van der Waals surface area (Å²) in [7, 11) is 0. The summed E-state index contributed by atoms with van der Waals surface area (Å²) in [4.78, 5) is 1.44. The Hall–Kier alpha value is -1.27. The van der Waals surface area contributed by atoms with Gasteiger partial charge in [-0.05, 0) is 33.3 Å². The minimum Gasteiger partial charge on any atom is -0.396 e. The molecule has 1 heterocycles. The Morgan fingerprint density at radius 1 is 1.33 bits per heavy atom.